The van der Waals surface area contributed by atoms with Crippen LogP contribution >= 0.6 is 0 Å². The Bertz CT molecular complexity index is 1050. The minimum atomic E-state index is -0.400. The SMILES string of the molecule is CCc1ccc(C(NCc2cc(=O)oc3cc(NC(C)=O)ccc23)C(C)C)cc1. The van der Waals surface area contributed by atoms with Crippen molar-refractivity contribution in [3.05, 3.63) is 75.6 Å². The van der Waals surface area contributed by atoms with Gasteiger partial charge in [0.1, 0.15) is 5.58 Å². The van der Waals surface area contributed by atoms with E-state index in [1.54, 1.807) is 6.07 Å². The molecule has 1 heterocycles. The molecule has 5 heteroatoms. The number of amides is 1. The van der Waals surface area contributed by atoms with Crippen molar-refractivity contribution in [1.82, 2.24) is 5.32 Å². The fourth-order valence-electron chi connectivity index (χ4n) is 3.58. The molecule has 0 aliphatic heterocycles. The first-order chi connectivity index (χ1) is 13.9. The van der Waals surface area contributed by atoms with Crippen molar-refractivity contribution >= 4 is 22.6 Å². The molecule has 2 aromatic carbocycles. The minimum Gasteiger partial charge on any atom is -0.423 e. The van der Waals surface area contributed by atoms with Gasteiger partial charge < -0.3 is 15.1 Å². The van der Waals surface area contributed by atoms with Gasteiger partial charge in [0, 0.05) is 42.7 Å². The molecule has 152 valence electrons. The summed E-state index contributed by atoms with van der Waals surface area (Å²) in [6.45, 7) is 8.50. The molecule has 0 saturated heterocycles. The van der Waals surface area contributed by atoms with E-state index in [4.69, 9.17) is 4.42 Å². The lowest BCUT2D eigenvalue weighted by Crippen LogP contribution is -2.26. The Morgan fingerprint density at radius 2 is 1.79 bits per heavy atom. The number of aryl methyl sites for hydroxylation is 1. The van der Waals surface area contributed by atoms with Crippen LogP contribution in [0.3, 0.4) is 0 Å². The summed E-state index contributed by atoms with van der Waals surface area (Å²) in [5.74, 6) is 0.221. The van der Waals surface area contributed by atoms with Crippen molar-refractivity contribution in [2.24, 2.45) is 5.92 Å². The van der Waals surface area contributed by atoms with Gasteiger partial charge in [-0.3, -0.25) is 4.79 Å². The second kappa shape index (κ2) is 9.05. The third kappa shape index (κ3) is 5.12. The van der Waals surface area contributed by atoms with E-state index in [1.165, 1.54) is 24.1 Å². The molecule has 2 N–H and O–H groups in total. The van der Waals surface area contributed by atoms with Crippen LogP contribution in [-0.2, 0) is 17.8 Å². The average molecular weight is 392 g/mol. The highest BCUT2D eigenvalue weighted by atomic mass is 16.4. The quantitative estimate of drug-likeness (QED) is 0.567. The molecule has 5 nitrogen and oxygen atoms in total. The van der Waals surface area contributed by atoms with Gasteiger partial charge in [0.25, 0.3) is 0 Å². The second-order valence-electron chi connectivity index (χ2n) is 7.68. The summed E-state index contributed by atoms with van der Waals surface area (Å²) >= 11 is 0. The Kier molecular flexibility index (Phi) is 6.49. The van der Waals surface area contributed by atoms with Crippen molar-refractivity contribution in [3.63, 3.8) is 0 Å². The lowest BCUT2D eigenvalue weighted by molar-refractivity contribution is -0.114. The summed E-state index contributed by atoms with van der Waals surface area (Å²) in [7, 11) is 0. The Labute approximate surface area is 171 Å². The monoisotopic (exact) mass is 392 g/mol. The lowest BCUT2D eigenvalue weighted by atomic mass is 9.94. The number of benzene rings is 2. The van der Waals surface area contributed by atoms with Crippen LogP contribution in [0, 0.1) is 5.92 Å². The molecule has 1 unspecified atom stereocenters. The van der Waals surface area contributed by atoms with Crippen molar-refractivity contribution in [1.29, 1.82) is 0 Å². The smallest absolute Gasteiger partial charge is 0.336 e. The lowest BCUT2D eigenvalue weighted by Gasteiger charge is -2.23. The molecule has 0 spiro atoms. The van der Waals surface area contributed by atoms with Crippen molar-refractivity contribution in [2.75, 3.05) is 5.32 Å². The third-order valence-electron chi connectivity index (χ3n) is 5.08. The fourth-order valence-corrected chi connectivity index (χ4v) is 3.58. The predicted octanol–water partition coefficient (Wildman–Crippen LogP) is 4.80. The Morgan fingerprint density at radius 1 is 1.07 bits per heavy atom. The van der Waals surface area contributed by atoms with E-state index in [-0.39, 0.29) is 11.9 Å². The molecule has 3 aromatic rings. The summed E-state index contributed by atoms with van der Waals surface area (Å²) in [5, 5.41) is 7.18. The molecular formula is C24H28N2O3. The average Bonchev–Trinajstić information content (AvgIpc) is 2.67. The van der Waals surface area contributed by atoms with E-state index >= 15 is 0 Å². The summed E-state index contributed by atoms with van der Waals surface area (Å²) in [4.78, 5) is 23.4. The van der Waals surface area contributed by atoms with Crippen molar-refractivity contribution < 1.29 is 9.21 Å². The zero-order chi connectivity index (χ0) is 21.0. The van der Waals surface area contributed by atoms with Crippen LogP contribution in [0.1, 0.15) is 50.4 Å². The van der Waals surface area contributed by atoms with Gasteiger partial charge in [-0.2, -0.15) is 0 Å². The number of rotatable bonds is 7. The highest BCUT2D eigenvalue weighted by Gasteiger charge is 2.16. The maximum Gasteiger partial charge on any atom is 0.336 e. The van der Waals surface area contributed by atoms with Crippen LogP contribution in [0.2, 0.25) is 0 Å². The number of fused-ring (bicyclic) bond motifs is 1. The topological polar surface area (TPSA) is 71.3 Å². The molecule has 1 aromatic heterocycles. The number of hydrogen-bond donors (Lipinski definition) is 2. The van der Waals surface area contributed by atoms with Gasteiger partial charge in [-0.1, -0.05) is 45.0 Å². The minimum absolute atomic E-state index is 0.168. The Balaban J connectivity index is 1.87. The van der Waals surface area contributed by atoms with Gasteiger partial charge in [0.15, 0.2) is 0 Å². The van der Waals surface area contributed by atoms with Crippen molar-refractivity contribution in [3.8, 4) is 0 Å². The maximum atomic E-state index is 12.1. The number of nitrogens with one attached hydrogen (secondary N) is 2. The van der Waals surface area contributed by atoms with Crippen LogP contribution in [-0.4, -0.2) is 5.91 Å². The molecule has 0 radical (unpaired) electrons. The molecule has 0 saturated carbocycles. The van der Waals surface area contributed by atoms with Gasteiger partial charge in [-0.05, 0) is 41.2 Å². The predicted molar refractivity (Wildman–Crippen MR) is 117 cm³/mol. The summed E-state index contributed by atoms with van der Waals surface area (Å²) < 4.78 is 5.35. The zero-order valence-corrected chi connectivity index (χ0v) is 17.4. The first-order valence-corrected chi connectivity index (χ1v) is 10.0. The summed E-state index contributed by atoms with van der Waals surface area (Å²) in [5.41, 5.74) is 4.10. The van der Waals surface area contributed by atoms with Crippen LogP contribution in [0.5, 0.6) is 0 Å². The van der Waals surface area contributed by atoms with E-state index in [1.807, 2.05) is 12.1 Å². The highest BCUT2D eigenvalue weighted by Crippen LogP contribution is 2.25. The molecule has 29 heavy (non-hydrogen) atoms. The summed E-state index contributed by atoms with van der Waals surface area (Å²) in [6.07, 6.45) is 1.02. The normalized spacial score (nSPS) is 12.3. The largest absolute Gasteiger partial charge is 0.423 e. The Hall–Kier alpha value is -2.92. The molecular weight excluding hydrogens is 364 g/mol. The zero-order valence-electron chi connectivity index (χ0n) is 17.4. The number of hydrogen-bond acceptors (Lipinski definition) is 4. The summed E-state index contributed by atoms with van der Waals surface area (Å²) in [6, 6.07) is 15.8. The number of anilines is 1. The molecule has 1 atom stereocenters. The van der Waals surface area contributed by atoms with Gasteiger partial charge in [-0.15, -0.1) is 0 Å². The molecule has 1 amide bonds. The third-order valence-corrected chi connectivity index (χ3v) is 5.08. The van der Waals surface area contributed by atoms with Crippen LogP contribution in [0.15, 0.2) is 57.7 Å². The molecule has 0 fully saturated rings. The fraction of sp³-hybridized carbons (Fsp3) is 0.333. The van der Waals surface area contributed by atoms with Gasteiger partial charge >= 0.3 is 5.63 Å². The van der Waals surface area contributed by atoms with E-state index in [9.17, 15) is 9.59 Å². The van der Waals surface area contributed by atoms with Gasteiger partial charge in [0.05, 0.1) is 0 Å². The maximum absolute atomic E-state index is 12.1. The standard InChI is InChI=1S/C24H28N2O3/c1-5-17-6-8-18(9-7-17)24(15(2)3)25-14-19-12-23(28)29-22-13-20(26-16(4)27)10-11-21(19)22/h6-13,15,24-25H,5,14H2,1-4H3,(H,26,27). The first-order valence-electron chi connectivity index (χ1n) is 10.0. The van der Waals surface area contributed by atoms with Gasteiger partial charge in [0.2, 0.25) is 5.91 Å². The molecule has 0 aliphatic rings. The van der Waals surface area contributed by atoms with Crippen molar-refractivity contribution in [2.45, 2.75) is 46.7 Å². The number of carbonyl (C=O) groups is 1. The van der Waals surface area contributed by atoms with E-state index < -0.39 is 5.63 Å². The highest BCUT2D eigenvalue weighted by molar-refractivity contribution is 5.92. The van der Waals surface area contributed by atoms with E-state index in [2.05, 4.69) is 55.7 Å². The van der Waals surface area contributed by atoms with Crippen LogP contribution in [0.25, 0.3) is 11.0 Å². The van der Waals surface area contributed by atoms with E-state index in [0.29, 0.717) is 23.7 Å². The molecule has 3 rings (SSSR count). The number of carbonyl (C=O) groups excluding carboxylic acids is 1. The second-order valence-corrected chi connectivity index (χ2v) is 7.68. The Morgan fingerprint density at radius 3 is 2.41 bits per heavy atom. The van der Waals surface area contributed by atoms with Crippen LogP contribution < -0.4 is 16.3 Å². The van der Waals surface area contributed by atoms with Gasteiger partial charge in [-0.25, -0.2) is 4.79 Å². The molecule has 0 bridgehead atoms. The van der Waals surface area contributed by atoms with E-state index in [0.717, 1.165) is 17.4 Å². The first kappa shape index (κ1) is 20.8. The molecule has 0 aliphatic carbocycles. The van der Waals surface area contributed by atoms with Crippen LogP contribution in [0.4, 0.5) is 5.69 Å².